The van der Waals surface area contributed by atoms with Gasteiger partial charge < -0.3 is 4.98 Å². The number of hydrogen-bond acceptors (Lipinski definition) is 3. The first-order valence-electron chi connectivity index (χ1n) is 7.67. The van der Waals surface area contributed by atoms with Crippen molar-refractivity contribution >= 4 is 45.5 Å². The Balaban J connectivity index is 1.62. The fraction of sp³-hybridized carbons (Fsp3) is 0. The van der Waals surface area contributed by atoms with Crippen LogP contribution >= 0.6 is 11.6 Å². The summed E-state index contributed by atoms with van der Waals surface area (Å²) in [4.78, 5) is 19.9. The van der Waals surface area contributed by atoms with Crippen LogP contribution in [0, 0.1) is 0 Å². The lowest BCUT2D eigenvalue weighted by Crippen LogP contribution is -2.19. The number of halogens is 1. The maximum Gasteiger partial charge on any atom is 0.292 e. The number of hydrogen-bond donors (Lipinski definition) is 2. The first-order valence-corrected chi connectivity index (χ1v) is 8.04. The molecule has 5 nitrogen and oxygen atoms in total. The zero-order valence-corrected chi connectivity index (χ0v) is 13.8. The van der Waals surface area contributed by atoms with Gasteiger partial charge in [0.25, 0.3) is 5.91 Å². The second-order valence-corrected chi connectivity index (χ2v) is 5.94. The highest BCUT2D eigenvalue weighted by Gasteiger charge is 2.14. The summed E-state index contributed by atoms with van der Waals surface area (Å²) in [6.45, 7) is 0. The molecule has 0 spiro atoms. The number of amides is 1. The van der Waals surface area contributed by atoms with Crippen molar-refractivity contribution in [1.29, 1.82) is 0 Å². The van der Waals surface area contributed by atoms with Gasteiger partial charge in [-0.2, -0.15) is 5.10 Å². The van der Waals surface area contributed by atoms with Crippen molar-refractivity contribution in [3.63, 3.8) is 0 Å². The molecule has 2 N–H and O–H groups in total. The van der Waals surface area contributed by atoms with Crippen LogP contribution in [-0.4, -0.2) is 22.1 Å². The van der Waals surface area contributed by atoms with E-state index in [1.54, 1.807) is 24.5 Å². The number of para-hydroxylation sites is 1. The van der Waals surface area contributed by atoms with Crippen molar-refractivity contribution in [2.75, 3.05) is 0 Å². The van der Waals surface area contributed by atoms with E-state index in [9.17, 15) is 4.79 Å². The van der Waals surface area contributed by atoms with Gasteiger partial charge in [0.2, 0.25) is 0 Å². The molecule has 0 saturated heterocycles. The SMILES string of the molecule is O=C(NN=Cc1ccc(Cl)cc1)c1nccc2c1[nH]c1ccccc12. The van der Waals surface area contributed by atoms with E-state index in [4.69, 9.17) is 11.6 Å². The molecule has 0 aliphatic rings. The summed E-state index contributed by atoms with van der Waals surface area (Å²) in [7, 11) is 0. The van der Waals surface area contributed by atoms with E-state index in [-0.39, 0.29) is 5.91 Å². The fourth-order valence-corrected chi connectivity index (χ4v) is 2.84. The molecular weight excluding hydrogens is 336 g/mol. The monoisotopic (exact) mass is 348 g/mol. The molecule has 2 aromatic heterocycles. The van der Waals surface area contributed by atoms with Crippen molar-refractivity contribution in [2.24, 2.45) is 5.10 Å². The van der Waals surface area contributed by atoms with Crippen LogP contribution in [0.3, 0.4) is 0 Å². The topological polar surface area (TPSA) is 70.1 Å². The predicted molar refractivity (Wildman–Crippen MR) is 100 cm³/mol. The summed E-state index contributed by atoms with van der Waals surface area (Å²) in [5, 5.41) is 6.65. The van der Waals surface area contributed by atoms with Crippen LogP contribution < -0.4 is 5.43 Å². The Morgan fingerprint density at radius 3 is 2.72 bits per heavy atom. The first kappa shape index (κ1) is 15.4. The fourth-order valence-electron chi connectivity index (χ4n) is 2.71. The average molecular weight is 349 g/mol. The van der Waals surface area contributed by atoms with E-state index < -0.39 is 0 Å². The maximum atomic E-state index is 12.5. The van der Waals surface area contributed by atoms with Crippen molar-refractivity contribution in [2.45, 2.75) is 0 Å². The minimum Gasteiger partial charge on any atom is -0.353 e. The standard InChI is InChI=1S/C19H13ClN4O/c20-13-7-5-12(6-8-13)11-22-24-19(25)18-17-15(9-10-21-18)14-3-1-2-4-16(14)23-17/h1-11,23H,(H,24,25). The van der Waals surface area contributed by atoms with E-state index in [1.807, 2.05) is 42.5 Å². The third-order valence-electron chi connectivity index (χ3n) is 3.89. The molecule has 0 aliphatic carbocycles. The van der Waals surface area contributed by atoms with Gasteiger partial charge in [0.15, 0.2) is 5.69 Å². The molecule has 4 aromatic rings. The maximum absolute atomic E-state index is 12.5. The van der Waals surface area contributed by atoms with Gasteiger partial charge >= 0.3 is 0 Å². The van der Waals surface area contributed by atoms with Gasteiger partial charge in [-0.25, -0.2) is 10.4 Å². The number of pyridine rings is 1. The van der Waals surface area contributed by atoms with Gasteiger partial charge in [-0.05, 0) is 29.8 Å². The third-order valence-corrected chi connectivity index (χ3v) is 4.14. The summed E-state index contributed by atoms with van der Waals surface area (Å²) in [6, 6.07) is 16.9. The molecule has 1 amide bonds. The normalized spacial score (nSPS) is 11.4. The molecule has 0 aliphatic heterocycles. The van der Waals surface area contributed by atoms with Gasteiger partial charge in [-0.15, -0.1) is 0 Å². The number of aromatic amines is 1. The quantitative estimate of drug-likeness (QED) is 0.431. The molecule has 0 bridgehead atoms. The molecule has 0 radical (unpaired) electrons. The van der Waals surface area contributed by atoms with Crippen molar-refractivity contribution in [3.05, 3.63) is 77.1 Å². The summed E-state index contributed by atoms with van der Waals surface area (Å²) in [6.07, 6.45) is 3.18. The Kier molecular flexibility index (Phi) is 3.91. The number of H-pyrrole nitrogens is 1. The molecule has 0 atom stereocenters. The van der Waals surface area contributed by atoms with E-state index in [2.05, 4.69) is 20.5 Å². The second kappa shape index (κ2) is 6.37. The van der Waals surface area contributed by atoms with Crippen LogP contribution in [0.4, 0.5) is 0 Å². The second-order valence-electron chi connectivity index (χ2n) is 5.50. The van der Waals surface area contributed by atoms with E-state index in [0.29, 0.717) is 16.2 Å². The molecule has 0 saturated carbocycles. The lowest BCUT2D eigenvalue weighted by molar-refractivity contribution is 0.0952. The van der Waals surface area contributed by atoms with Gasteiger partial charge in [0, 0.05) is 27.5 Å². The number of aromatic nitrogens is 2. The zero-order valence-electron chi connectivity index (χ0n) is 13.0. The zero-order chi connectivity index (χ0) is 17.2. The number of carbonyl (C=O) groups excluding carboxylic acids is 1. The minimum absolute atomic E-state index is 0.307. The molecule has 2 heterocycles. The molecule has 6 heteroatoms. The largest absolute Gasteiger partial charge is 0.353 e. The average Bonchev–Trinajstić information content (AvgIpc) is 3.02. The van der Waals surface area contributed by atoms with E-state index >= 15 is 0 Å². The van der Waals surface area contributed by atoms with Crippen molar-refractivity contribution < 1.29 is 4.79 Å². The highest BCUT2D eigenvalue weighted by Crippen LogP contribution is 2.26. The van der Waals surface area contributed by atoms with Crippen LogP contribution in [0.15, 0.2) is 65.9 Å². The van der Waals surface area contributed by atoms with Gasteiger partial charge in [0.1, 0.15) is 0 Å². The smallest absolute Gasteiger partial charge is 0.292 e. The summed E-state index contributed by atoms with van der Waals surface area (Å²) >= 11 is 5.84. The lowest BCUT2D eigenvalue weighted by Gasteiger charge is -2.01. The number of hydrazone groups is 1. The number of benzene rings is 2. The van der Waals surface area contributed by atoms with E-state index in [0.717, 1.165) is 21.9 Å². The Hall–Kier alpha value is -3.18. The van der Waals surface area contributed by atoms with Gasteiger partial charge in [-0.3, -0.25) is 4.79 Å². The Bertz CT molecular complexity index is 1100. The van der Waals surface area contributed by atoms with Crippen LogP contribution in [0.1, 0.15) is 16.1 Å². The highest BCUT2D eigenvalue weighted by atomic mass is 35.5. The molecule has 0 unspecified atom stereocenters. The minimum atomic E-state index is -0.373. The number of carbonyl (C=O) groups is 1. The van der Waals surface area contributed by atoms with Crippen LogP contribution in [0.25, 0.3) is 21.8 Å². The molecule has 2 aromatic carbocycles. The Morgan fingerprint density at radius 1 is 1.08 bits per heavy atom. The van der Waals surface area contributed by atoms with Crippen LogP contribution in [-0.2, 0) is 0 Å². The molecular formula is C19H13ClN4O. The summed E-state index contributed by atoms with van der Waals surface area (Å²) in [5.41, 5.74) is 5.31. The molecule has 0 fully saturated rings. The van der Waals surface area contributed by atoms with Crippen LogP contribution in [0.5, 0.6) is 0 Å². The number of nitrogens with zero attached hydrogens (tertiary/aromatic N) is 2. The lowest BCUT2D eigenvalue weighted by atomic mass is 10.1. The van der Waals surface area contributed by atoms with Crippen molar-refractivity contribution in [3.8, 4) is 0 Å². The Labute approximate surface area is 148 Å². The summed E-state index contributed by atoms with van der Waals surface area (Å²) in [5.74, 6) is -0.373. The predicted octanol–water partition coefficient (Wildman–Crippen LogP) is 4.13. The van der Waals surface area contributed by atoms with Gasteiger partial charge in [-0.1, -0.05) is 41.9 Å². The number of rotatable bonds is 3. The highest BCUT2D eigenvalue weighted by molar-refractivity contribution is 6.30. The molecule has 122 valence electrons. The Morgan fingerprint density at radius 2 is 1.88 bits per heavy atom. The number of nitrogens with one attached hydrogen (secondary N) is 2. The first-order chi connectivity index (χ1) is 12.2. The molecule has 4 rings (SSSR count). The van der Waals surface area contributed by atoms with Crippen molar-refractivity contribution in [1.82, 2.24) is 15.4 Å². The summed E-state index contributed by atoms with van der Waals surface area (Å²) < 4.78 is 0. The van der Waals surface area contributed by atoms with Gasteiger partial charge in [0.05, 0.1) is 11.7 Å². The third kappa shape index (κ3) is 2.97. The van der Waals surface area contributed by atoms with Crippen LogP contribution in [0.2, 0.25) is 5.02 Å². The van der Waals surface area contributed by atoms with E-state index in [1.165, 1.54) is 0 Å². The molecule has 25 heavy (non-hydrogen) atoms. The number of fused-ring (bicyclic) bond motifs is 3.